The highest BCUT2D eigenvalue weighted by molar-refractivity contribution is 7.89. The molecule has 0 aliphatic carbocycles. The van der Waals surface area contributed by atoms with Gasteiger partial charge in [0.25, 0.3) is 0 Å². The molecule has 1 aliphatic rings. The molecule has 90 valence electrons. The molecule has 1 saturated heterocycles. The zero-order valence-electron chi connectivity index (χ0n) is 9.38. The average molecular weight is 236 g/mol. The Morgan fingerprint density at radius 2 is 2.20 bits per heavy atom. The lowest BCUT2D eigenvalue weighted by Gasteiger charge is -2.23. The Balaban J connectivity index is 2.35. The molecule has 1 rings (SSSR count). The molecule has 1 heterocycles. The third-order valence-electron chi connectivity index (χ3n) is 2.59. The van der Waals surface area contributed by atoms with Gasteiger partial charge < -0.3 is 10.1 Å². The van der Waals surface area contributed by atoms with Crippen LogP contribution in [0.15, 0.2) is 0 Å². The normalized spacial score (nSPS) is 27.1. The van der Waals surface area contributed by atoms with Crippen LogP contribution < -0.4 is 10.0 Å². The quantitative estimate of drug-likeness (QED) is 0.664. The fraction of sp³-hybridized carbons (Fsp3) is 1.00. The van der Waals surface area contributed by atoms with Gasteiger partial charge in [-0.15, -0.1) is 0 Å². The molecule has 6 heteroatoms. The summed E-state index contributed by atoms with van der Waals surface area (Å²) in [5, 5.41) is 2.81. The number of hydrogen-bond acceptors (Lipinski definition) is 4. The number of rotatable bonds is 6. The van der Waals surface area contributed by atoms with Crippen molar-refractivity contribution in [1.82, 2.24) is 10.0 Å². The van der Waals surface area contributed by atoms with Gasteiger partial charge in [0, 0.05) is 19.7 Å². The summed E-state index contributed by atoms with van der Waals surface area (Å²) in [6.45, 7) is 3.52. The molecule has 1 unspecified atom stereocenters. The lowest BCUT2D eigenvalue weighted by molar-refractivity contribution is 0.0250. The Bertz CT molecular complexity index is 284. The molecule has 0 spiro atoms. The van der Waals surface area contributed by atoms with Crippen LogP contribution in [0, 0.1) is 0 Å². The van der Waals surface area contributed by atoms with Gasteiger partial charge in [-0.1, -0.05) is 0 Å². The molecule has 1 atom stereocenters. The average Bonchev–Trinajstić information content (AvgIpc) is 2.61. The Kier molecular flexibility index (Phi) is 4.51. The zero-order chi connectivity index (χ0) is 11.4. The maximum atomic E-state index is 11.5. The minimum Gasteiger partial charge on any atom is -0.374 e. The van der Waals surface area contributed by atoms with Crippen LogP contribution in [-0.4, -0.2) is 46.5 Å². The van der Waals surface area contributed by atoms with Crippen LogP contribution in [0.4, 0.5) is 0 Å². The predicted octanol–water partition coefficient (Wildman–Crippen LogP) is -0.306. The van der Waals surface area contributed by atoms with Gasteiger partial charge in [0.05, 0.1) is 11.4 Å². The van der Waals surface area contributed by atoms with Crippen LogP contribution in [0.25, 0.3) is 0 Å². The Morgan fingerprint density at radius 1 is 1.47 bits per heavy atom. The third kappa shape index (κ3) is 4.46. The number of ether oxygens (including phenoxy) is 1. The van der Waals surface area contributed by atoms with Gasteiger partial charge in [0.1, 0.15) is 0 Å². The summed E-state index contributed by atoms with van der Waals surface area (Å²) in [6.07, 6.45) is 1.93. The molecule has 0 saturated carbocycles. The van der Waals surface area contributed by atoms with E-state index in [1.807, 2.05) is 6.92 Å². The monoisotopic (exact) mass is 236 g/mol. The fourth-order valence-corrected chi connectivity index (χ4v) is 2.69. The predicted molar refractivity (Wildman–Crippen MR) is 59.3 cm³/mol. The fourth-order valence-electron chi connectivity index (χ4n) is 1.55. The summed E-state index contributed by atoms with van der Waals surface area (Å²) in [5.74, 6) is 0.111. The molecule has 1 aliphatic heterocycles. The van der Waals surface area contributed by atoms with Gasteiger partial charge in [-0.25, -0.2) is 13.1 Å². The van der Waals surface area contributed by atoms with Crippen LogP contribution in [-0.2, 0) is 14.8 Å². The van der Waals surface area contributed by atoms with E-state index >= 15 is 0 Å². The van der Waals surface area contributed by atoms with Crippen LogP contribution in [0.1, 0.15) is 19.8 Å². The molecule has 2 N–H and O–H groups in total. The first-order chi connectivity index (χ1) is 6.97. The molecular formula is C9H20N2O3S. The molecule has 0 aromatic carbocycles. The largest absolute Gasteiger partial charge is 0.374 e. The van der Waals surface area contributed by atoms with Crippen molar-refractivity contribution in [3.8, 4) is 0 Å². The molecule has 0 radical (unpaired) electrons. The first-order valence-corrected chi connectivity index (χ1v) is 6.89. The van der Waals surface area contributed by atoms with E-state index in [1.54, 1.807) is 7.05 Å². The standard InChI is InChI=1S/C9H20N2O3S/c1-9(4-3-6-14-9)8-11-15(12,13)7-5-10-2/h10-11H,3-8H2,1-2H3. The number of sulfonamides is 1. The lowest BCUT2D eigenvalue weighted by atomic mass is 10.0. The van der Waals surface area contributed by atoms with Crippen molar-refractivity contribution in [1.29, 1.82) is 0 Å². The minimum absolute atomic E-state index is 0.111. The SMILES string of the molecule is CNCCS(=O)(=O)NCC1(C)CCCO1. The summed E-state index contributed by atoms with van der Waals surface area (Å²) in [5.41, 5.74) is -0.313. The summed E-state index contributed by atoms with van der Waals surface area (Å²) in [6, 6.07) is 0. The molecule has 5 nitrogen and oxygen atoms in total. The van der Waals surface area contributed by atoms with Crippen LogP contribution in [0.2, 0.25) is 0 Å². The molecule has 0 aromatic rings. The summed E-state index contributed by atoms with van der Waals surface area (Å²) < 4.78 is 31.0. The smallest absolute Gasteiger partial charge is 0.212 e. The highest BCUT2D eigenvalue weighted by Crippen LogP contribution is 2.23. The topological polar surface area (TPSA) is 67.4 Å². The molecule has 0 amide bonds. The maximum Gasteiger partial charge on any atom is 0.212 e. The second-order valence-corrected chi connectivity index (χ2v) is 6.07. The van der Waals surface area contributed by atoms with Crippen LogP contribution in [0.5, 0.6) is 0 Å². The highest BCUT2D eigenvalue weighted by atomic mass is 32.2. The molecular weight excluding hydrogens is 216 g/mol. The zero-order valence-corrected chi connectivity index (χ0v) is 10.2. The Labute approximate surface area is 91.6 Å². The Morgan fingerprint density at radius 3 is 2.73 bits per heavy atom. The molecule has 0 aromatic heterocycles. The van der Waals surface area contributed by atoms with E-state index in [1.165, 1.54) is 0 Å². The molecule has 1 fully saturated rings. The van der Waals surface area contributed by atoms with Crippen molar-refractivity contribution < 1.29 is 13.2 Å². The van der Waals surface area contributed by atoms with E-state index in [4.69, 9.17) is 4.74 Å². The van der Waals surface area contributed by atoms with E-state index in [0.29, 0.717) is 13.1 Å². The van der Waals surface area contributed by atoms with Gasteiger partial charge in [-0.2, -0.15) is 0 Å². The van der Waals surface area contributed by atoms with E-state index in [-0.39, 0.29) is 11.4 Å². The van der Waals surface area contributed by atoms with Gasteiger partial charge in [-0.3, -0.25) is 0 Å². The van der Waals surface area contributed by atoms with Crippen LogP contribution >= 0.6 is 0 Å². The second kappa shape index (κ2) is 5.25. The molecule has 15 heavy (non-hydrogen) atoms. The number of hydrogen-bond donors (Lipinski definition) is 2. The van der Waals surface area contributed by atoms with Gasteiger partial charge >= 0.3 is 0 Å². The van der Waals surface area contributed by atoms with E-state index in [9.17, 15) is 8.42 Å². The minimum atomic E-state index is -3.16. The first kappa shape index (κ1) is 12.9. The summed E-state index contributed by atoms with van der Waals surface area (Å²) >= 11 is 0. The lowest BCUT2D eigenvalue weighted by Crippen LogP contribution is -2.42. The van der Waals surface area contributed by atoms with E-state index in [2.05, 4.69) is 10.0 Å². The Hall–Kier alpha value is -0.170. The van der Waals surface area contributed by atoms with Gasteiger partial charge in [-0.05, 0) is 26.8 Å². The van der Waals surface area contributed by atoms with Crippen molar-refractivity contribution in [3.63, 3.8) is 0 Å². The third-order valence-corrected chi connectivity index (χ3v) is 3.91. The van der Waals surface area contributed by atoms with Crippen molar-refractivity contribution in [3.05, 3.63) is 0 Å². The first-order valence-electron chi connectivity index (χ1n) is 5.23. The molecule has 0 bridgehead atoms. The van der Waals surface area contributed by atoms with Gasteiger partial charge in [0.15, 0.2) is 0 Å². The van der Waals surface area contributed by atoms with Crippen LogP contribution in [0.3, 0.4) is 0 Å². The maximum absolute atomic E-state index is 11.5. The summed E-state index contributed by atoms with van der Waals surface area (Å²) in [7, 11) is -1.43. The second-order valence-electron chi connectivity index (χ2n) is 4.15. The van der Waals surface area contributed by atoms with Crippen molar-refractivity contribution in [2.75, 3.05) is 32.5 Å². The van der Waals surface area contributed by atoms with Crippen molar-refractivity contribution in [2.24, 2.45) is 0 Å². The van der Waals surface area contributed by atoms with Crippen molar-refractivity contribution in [2.45, 2.75) is 25.4 Å². The van der Waals surface area contributed by atoms with Gasteiger partial charge in [0.2, 0.25) is 10.0 Å². The summed E-state index contributed by atoms with van der Waals surface area (Å²) in [4.78, 5) is 0. The van der Waals surface area contributed by atoms with E-state index < -0.39 is 10.0 Å². The van der Waals surface area contributed by atoms with Crippen molar-refractivity contribution >= 4 is 10.0 Å². The highest BCUT2D eigenvalue weighted by Gasteiger charge is 2.30. The van der Waals surface area contributed by atoms with E-state index in [0.717, 1.165) is 19.4 Å². The number of nitrogens with one attached hydrogen (secondary N) is 2.